The largest absolute Gasteiger partial charge is 0.349 e. The lowest BCUT2D eigenvalue weighted by molar-refractivity contribution is -0.120. The molecule has 120 valence electrons. The highest BCUT2D eigenvalue weighted by atomic mass is 35.5. The molecule has 0 spiro atoms. The predicted octanol–water partition coefficient (Wildman–Crippen LogP) is 3.85. The molecule has 0 radical (unpaired) electrons. The second-order valence-corrected chi connectivity index (χ2v) is 5.86. The molecule has 23 heavy (non-hydrogen) atoms. The summed E-state index contributed by atoms with van der Waals surface area (Å²) in [5.74, 6) is -0.349. The SMILES string of the molecule is CC(=O)NC(CC(=O)Nc1cccc(C)c1)c1ccc(Cl)cc1. The summed E-state index contributed by atoms with van der Waals surface area (Å²) >= 11 is 5.88. The van der Waals surface area contributed by atoms with Gasteiger partial charge in [-0.2, -0.15) is 0 Å². The highest BCUT2D eigenvalue weighted by Crippen LogP contribution is 2.20. The van der Waals surface area contributed by atoms with Gasteiger partial charge >= 0.3 is 0 Å². The molecular formula is C18H19ClN2O2. The summed E-state index contributed by atoms with van der Waals surface area (Å²) in [6, 6.07) is 14.3. The molecular weight excluding hydrogens is 312 g/mol. The molecule has 0 aliphatic rings. The topological polar surface area (TPSA) is 58.2 Å². The minimum Gasteiger partial charge on any atom is -0.349 e. The quantitative estimate of drug-likeness (QED) is 0.874. The minimum absolute atomic E-state index is 0.148. The third-order valence-corrected chi connectivity index (χ3v) is 3.59. The van der Waals surface area contributed by atoms with Gasteiger partial charge in [0.1, 0.15) is 0 Å². The molecule has 2 N–H and O–H groups in total. The van der Waals surface area contributed by atoms with Gasteiger partial charge in [0.25, 0.3) is 0 Å². The molecule has 0 aliphatic heterocycles. The normalized spacial score (nSPS) is 11.6. The predicted molar refractivity (Wildman–Crippen MR) is 92.4 cm³/mol. The van der Waals surface area contributed by atoms with Crippen LogP contribution < -0.4 is 10.6 Å². The van der Waals surface area contributed by atoms with E-state index >= 15 is 0 Å². The van der Waals surface area contributed by atoms with Crippen LogP contribution in [0.25, 0.3) is 0 Å². The third kappa shape index (κ3) is 5.42. The first-order valence-electron chi connectivity index (χ1n) is 7.33. The van der Waals surface area contributed by atoms with Crippen molar-refractivity contribution in [2.75, 3.05) is 5.32 Å². The molecule has 2 rings (SSSR count). The van der Waals surface area contributed by atoms with Crippen molar-refractivity contribution in [3.05, 3.63) is 64.7 Å². The number of halogens is 1. The molecule has 0 saturated heterocycles. The number of aryl methyl sites for hydroxylation is 1. The number of hydrogen-bond donors (Lipinski definition) is 2. The maximum Gasteiger partial charge on any atom is 0.226 e. The molecule has 1 atom stereocenters. The van der Waals surface area contributed by atoms with Gasteiger partial charge in [0.05, 0.1) is 12.5 Å². The van der Waals surface area contributed by atoms with Gasteiger partial charge in [-0.3, -0.25) is 9.59 Å². The summed E-state index contributed by atoms with van der Waals surface area (Å²) in [7, 11) is 0. The van der Waals surface area contributed by atoms with Crippen molar-refractivity contribution in [2.45, 2.75) is 26.3 Å². The van der Waals surface area contributed by atoms with Crippen molar-refractivity contribution in [3.63, 3.8) is 0 Å². The fraction of sp³-hybridized carbons (Fsp3) is 0.222. The lowest BCUT2D eigenvalue weighted by Gasteiger charge is -2.18. The van der Waals surface area contributed by atoms with Crippen molar-refractivity contribution < 1.29 is 9.59 Å². The summed E-state index contributed by atoms with van der Waals surface area (Å²) in [5, 5.41) is 6.26. The molecule has 0 fully saturated rings. The van der Waals surface area contributed by atoms with Crippen molar-refractivity contribution in [1.82, 2.24) is 5.32 Å². The second-order valence-electron chi connectivity index (χ2n) is 5.43. The Bertz CT molecular complexity index is 698. The van der Waals surface area contributed by atoms with Crippen LogP contribution in [0.3, 0.4) is 0 Å². The Labute approximate surface area is 140 Å². The van der Waals surface area contributed by atoms with Crippen LogP contribution in [0, 0.1) is 6.92 Å². The van der Waals surface area contributed by atoms with E-state index in [1.54, 1.807) is 12.1 Å². The van der Waals surface area contributed by atoms with Crippen molar-refractivity contribution in [1.29, 1.82) is 0 Å². The minimum atomic E-state index is -0.394. The highest BCUT2D eigenvalue weighted by Gasteiger charge is 2.17. The van der Waals surface area contributed by atoms with E-state index in [0.717, 1.165) is 16.8 Å². The maximum atomic E-state index is 12.3. The third-order valence-electron chi connectivity index (χ3n) is 3.34. The molecule has 0 bridgehead atoms. The molecule has 0 aromatic heterocycles. The monoisotopic (exact) mass is 330 g/mol. The zero-order chi connectivity index (χ0) is 16.8. The first-order valence-corrected chi connectivity index (χ1v) is 7.71. The summed E-state index contributed by atoms with van der Waals surface area (Å²) in [6.07, 6.45) is 0.148. The number of nitrogens with one attached hydrogen (secondary N) is 2. The fourth-order valence-corrected chi connectivity index (χ4v) is 2.44. The molecule has 0 saturated carbocycles. The van der Waals surface area contributed by atoms with Crippen molar-refractivity contribution >= 4 is 29.1 Å². The number of rotatable bonds is 5. The highest BCUT2D eigenvalue weighted by molar-refractivity contribution is 6.30. The van der Waals surface area contributed by atoms with Crippen LogP contribution in [0.5, 0.6) is 0 Å². The summed E-state index contributed by atoms with van der Waals surface area (Å²) < 4.78 is 0. The van der Waals surface area contributed by atoms with Gasteiger partial charge in [0.15, 0.2) is 0 Å². The molecule has 4 nitrogen and oxygen atoms in total. The molecule has 2 amide bonds. The summed E-state index contributed by atoms with van der Waals surface area (Å²) in [4.78, 5) is 23.7. The van der Waals surface area contributed by atoms with Crippen molar-refractivity contribution in [2.24, 2.45) is 0 Å². The van der Waals surface area contributed by atoms with Gasteiger partial charge < -0.3 is 10.6 Å². The van der Waals surface area contributed by atoms with Crippen LogP contribution in [0.4, 0.5) is 5.69 Å². The number of carbonyl (C=O) groups is 2. The van der Waals surface area contributed by atoms with Gasteiger partial charge in [-0.25, -0.2) is 0 Å². The van der Waals surface area contributed by atoms with Crippen LogP contribution in [0.1, 0.15) is 30.5 Å². The van der Waals surface area contributed by atoms with Crippen LogP contribution in [0.15, 0.2) is 48.5 Å². The molecule has 0 heterocycles. The Morgan fingerprint density at radius 3 is 2.43 bits per heavy atom. The van der Waals surface area contributed by atoms with Crippen LogP contribution in [0.2, 0.25) is 5.02 Å². The lowest BCUT2D eigenvalue weighted by Crippen LogP contribution is -2.29. The Hall–Kier alpha value is -2.33. The Morgan fingerprint density at radius 1 is 1.13 bits per heavy atom. The molecule has 2 aromatic rings. The average Bonchev–Trinajstić information content (AvgIpc) is 2.46. The van der Waals surface area contributed by atoms with E-state index in [-0.39, 0.29) is 18.2 Å². The van der Waals surface area contributed by atoms with Crippen molar-refractivity contribution in [3.8, 4) is 0 Å². The number of hydrogen-bond acceptors (Lipinski definition) is 2. The summed E-state index contributed by atoms with van der Waals surface area (Å²) in [5.41, 5.74) is 2.65. The van der Waals surface area contributed by atoms with E-state index in [4.69, 9.17) is 11.6 Å². The summed E-state index contributed by atoms with van der Waals surface area (Å²) in [6.45, 7) is 3.39. The number of anilines is 1. The van der Waals surface area contributed by atoms with E-state index in [2.05, 4.69) is 10.6 Å². The molecule has 1 unspecified atom stereocenters. The smallest absolute Gasteiger partial charge is 0.226 e. The van der Waals surface area contributed by atoms with Crippen LogP contribution >= 0.6 is 11.6 Å². The van der Waals surface area contributed by atoms with Gasteiger partial charge in [-0.05, 0) is 42.3 Å². The molecule has 5 heteroatoms. The molecule has 2 aromatic carbocycles. The zero-order valence-corrected chi connectivity index (χ0v) is 13.9. The van der Waals surface area contributed by atoms with E-state index in [1.807, 2.05) is 43.3 Å². The van der Waals surface area contributed by atoms with Gasteiger partial charge in [0, 0.05) is 17.6 Å². The Balaban J connectivity index is 2.09. The number of amides is 2. The number of benzene rings is 2. The van der Waals surface area contributed by atoms with Crippen LogP contribution in [-0.2, 0) is 9.59 Å². The average molecular weight is 331 g/mol. The lowest BCUT2D eigenvalue weighted by atomic mass is 10.0. The fourth-order valence-electron chi connectivity index (χ4n) is 2.31. The van der Waals surface area contributed by atoms with Gasteiger partial charge in [-0.1, -0.05) is 35.9 Å². The number of carbonyl (C=O) groups excluding carboxylic acids is 2. The van der Waals surface area contributed by atoms with E-state index in [1.165, 1.54) is 6.92 Å². The first kappa shape index (κ1) is 17.0. The van der Waals surface area contributed by atoms with E-state index < -0.39 is 6.04 Å². The standard InChI is InChI=1S/C18H19ClN2O2/c1-12-4-3-5-16(10-12)21-18(23)11-17(20-13(2)22)14-6-8-15(19)9-7-14/h3-10,17H,11H2,1-2H3,(H,20,22)(H,21,23). The van der Waals surface area contributed by atoms with Gasteiger partial charge in [-0.15, -0.1) is 0 Å². The Morgan fingerprint density at radius 2 is 1.83 bits per heavy atom. The van der Waals surface area contributed by atoms with Gasteiger partial charge in [0.2, 0.25) is 11.8 Å². The Kier molecular flexibility index (Phi) is 5.77. The zero-order valence-electron chi connectivity index (χ0n) is 13.1. The maximum absolute atomic E-state index is 12.3. The van der Waals surface area contributed by atoms with Crippen LogP contribution in [-0.4, -0.2) is 11.8 Å². The van der Waals surface area contributed by atoms with E-state index in [0.29, 0.717) is 5.02 Å². The first-order chi connectivity index (χ1) is 10.9. The van der Waals surface area contributed by atoms with E-state index in [9.17, 15) is 9.59 Å². The molecule has 0 aliphatic carbocycles. The second kappa shape index (κ2) is 7.79.